The molecule has 1 fully saturated rings. The van der Waals surface area contributed by atoms with Crippen LogP contribution in [-0.4, -0.2) is 32.2 Å². The highest BCUT2D eigenvalue weighted by atomic mass is 79.9. The van der Waals surface area contributed by atoms with Gasteiger partial charge < -0.3 is 15.0 Å². The molecule has 0 saturated carbocycles. The van der Waals surface area contributed by atoms with Crippen molar-refractivity contribution in [1.82, 2.24) is 0 Å². The summed E-state index contributed by atoms with van der Waals surface area (Å²) in [6, 6.07) is 11.9. The number of halogens is 2. The summed E-state index contributed by atoms with van der Waals surface area (Å²) in [6.45, 7) is 3.16. The van der Waals surface area contributed by atoms with Crippen LogP contribution < -0.4 is 10.2 Å². The molecule has 0 aromatic heterocycles. The average molecular weight is 379 g/mol. The molecule has 1 aliphatic rings. The Labute approximate surface area is 142 Å². The molecule has 0 atom stereocenters. The molecule has 6 heteroatoms. The fraction of sp³-hybridized carbons (Fsp3) is 0.235. The lowest BCUT2D eigenvalue weighted by atomic mass is 10.2. The first-order valence-electron chi connectivity index (χ1n) is 7.32. The lowest BCUT2D eigenvalue weighted by Gasteiger charge is -2.28. The predicted octanol–water partition coefficient (Wildman–Crippen LogP) is 3.68. The number of anilines is 2. The highest BCUT2D eigenvalue weighted by Crippen LogP contribution is 2.21. The van der Waals surface area contributed by atoms with Crippen molar-refractivity contribution in [3.8, 4) is 0 Å². The lowest BCUT2D eigenvalue weighted by molar-refractivity contribution is 0.102. The van der Waals surface area contributed by atoms with E-state index in [1.165, 1.54) is 12.1 Å². The van der Waals surface area contributed by atoms with E-state index in [1.807, 2.05) is 24.3 Å². The van der Waals surface area contributed by atoms with Gasteiger partial charge in [0.05, 0.1) is 18.8 Å². The number of hydrogen-bond acceptors (Lipinski definition) is 3. The summed E-state index contributed by atoms with van der Waals surface area (Å²) >= 11 is 3.17. The van der Waals surface area contributed by atoms with Gasteiger partial charge in [0, 0.05) is 28.9 Å². The predicted molar refractivity (Wildman–Crippen MR) is 91.5 cm³/mol. The Bertz CT molecular complexity index is 700. The molecule has 4 nitrogen and oxygen atoms in total. The summed E-state index contributed by atoms with van der Waals surface area (Å²) < 4.78 is 19.7. The van der Waals surface area contributed by atoms with Crippen molar-refractivity contribution in [3.63, 3.8) is 0 Å². The van der Waals surface area contributed by atoms with Crippen molar-refractivity contribution in [3.05, 3.63) is 58.3 Å². The van der Waals surface area contributed by atoms with E-state index < -0.39 is 11.7 Å². The number of morpholine rings is 1. The van der Waals surface area contributed by atoms with Crippen molar-refractivity contribution >= 4 is 33.2 Å². The maximum absolute atomic E-state index is 13.8. The summed E-state index contributed by atoms with van der Waals surface area (Å²) in [6.07, 6.45) is 0. The van der Waals surface area contributed by atoms with Gasteiger partial charge in [0.25, 0.3) is 5.91 Å². The van der Waals surface area contributed by atoms with Crippen molar-refractivity contribution in [1.29, 1.82) is 0 Å². The Balaban J connectivity index is 1.69. The molecule has 0 bridgehead atoms. The largest absolute Gasteiger partial charge is 0.378 e. The van der Waals surface area contributed by atoms with Crippen LogP contribution in [0, 0.1) is 5.82 Å². The van der Waals surface area contributed by atoms with Crippen LogP contribution in [0.2, 0.25) is 0 Å². The number of amides is 1. The van der Waals surface area contributed by atoms with Gasteiger partial charge >= 0.3 is 0 Å². The van der Waals surface area contributed by atoms with Gasteiger partial charge in [-0.05, 0) is 42.5 Å². The first-order valence-corrected chi connectivity index (χ1v) is 8.12. The number of nitrogens with zero attached hydrogens (tertiary/aromatic N) is 1. The van der Waals surface area contributed by atoms with Crippen LogP contribution in [0.4, 0.5) is 15.8 Å². The first-order chi connectivity index (χ1) is 11.1. The minimum Gasteiger partial charge on any atom is -0.378 e. The zero-order valence-electron chi connectivity index (χ0n) is 12.4. The van der Waals surface area contributed by atoms with Crippen LogP contribution in [0.25, 0.3) is 0 Å². The monoisotopic (exact) mass is 378 g/mol. The number of ether oxygens (including phenoxy) is 1. The summed E-state index contributed by atoms with van der Waals surface area (Å²) in [4.78, 5) is 14.4. The third-order valence-electron chi connectivity index (χ3n) is 3.68. The van der Waals surface area contributed by atoms with Gasteiger partial charge in [-0.2, -0.15) is 0 Å². The summed E-state index contributed by atoms with van der Waals surface area (Å²) in [5.74, 6) is -1.02. The van der Waals surface area contributed by atoms with Crippen molar-refractivity contribution in [2.75, 3.05) is 36.5 Å². The molecule has 1 heterocycles. The van der Waals surface area contributed by atoms with E-state index in [0.29, 0.717) is 10.2 Å². The molecular weight excluding hydrogens is 363 g/mol. The maximum Gasteiger partial charge on any atom is 0.258 e. The van der Waals surface area contributed by atoms with Crippen LogP contribution in [0.1, 0.15) is 10.4 Å². The second-order valence-corrected chi connectivity index (χ2v) is 6.14. The Hall–Kier alpha value is -1.92. The number of hydrogen-bond donors (Lipinski definition) is 1. The van der Waals surface area contributed by atoms with Crippen LogP contribution in [0.15, 0.2) is 46.9 Å². The fourth-order valence-corrected chi connectivity index (χ4v) is 2.78. The van der Waals surface area contributed by atoms with Gasteiger partial charge in [0.1, 0.15) is 5.82 Å². The summed E-state index contributed by atoms with van der Waals surface area (Å²) in [5, 5.41) is 2.71. The molecule has 1 saturated heterocycles. The number of benzene rings is 2. The van der Waals surface area contributed by atoms with Crippen molar-refractivity contribution in [2.24, 2.45) is 0 Å². The number of carbonyl (C=O) groups is 1. The van der Waals surface area contributed by atoms with Gasteiger partial charge in [0.2, 0.25) is 0 Å². The highest BCUT2D eigenvalue weighted by Gasteiger charge is 2.13. The van der Waals surface area contributed by atoms with E-state index in [0.717, 1.165) is 32.0 Å². The molecule has 2 aromatic carbocycles. The Kier molecular flexibility index (Phi) is 4.93. The van der Waals surface area contributed by atoms with E-state index in [1.54, 1.807) is 6.07 Å². The lowest BCUT2D eigenvalue weighted by Crippen LogP contribution is -2.36. The van der Waals surface area contributed by atoms with Gasteiger partial charge in [-0.25, -0.2) is 4.39 Å². The molecule has 0 radical (unpaired) electrons. The molecule has 0 unspecified atom stereocenters. The second kappa shape index (κ2) is 7.10. The number of carbonyl (C=O) groups excluding carboxylic acids is 1. The van der Waals surface area contributed by atoms with Crippen LogP contribution in [0.5, 0.6) is 0 Å². The van der Waals surface area contributed by atoms with E-state index in [2.05, 4.69) is 26.1 Å². The molecule has 2 aromatic rings. The Morgan fingerprint density at radius 3 is 2.48 bits per heavy atom. The topological polar surface area (TPSA) is 41.6 Å². The van der Waals surface area contributed by atoms with E-state index >= 15 is 0 Å². The molecule has 1 N–H and O–H groups in total. The first kappa shape index (κ1) is 16.0. The molecule has 3 rings (SSSR count). The quantitative estimate of drug-likeness (QED) is 0.885. The fourth-order valence-electron chi connectivity index (χ4n) is 2.45. The van der Waals surface area contributed by atoms with Gasteiger partial charge in [-0.15, -0.1) is 0 Å². The molecule has 120 valence electrons. The van der Waals surface area contributed by atoms with Gasteiger partial charge in [-0.1, -0.05) is 15.9 Å². The number of rotatable bonds is 3. The van der Waals surface area contributed by atoms with E-state index in [-0.39, 0.29) is 5.56 Å². The summed E-state index contributed by atoms with van der Waals surface area (Å²) in [7, 11) is 0. The molecular formula is C17H16BrFN2O2. The number of nitrogens with one attached hydrogen (secondary N) is 1. The smallest absolute Gasteiger partial charge is 0.258 e. The highest BCUT2D eigenvalue weighted by molar-refractivity contribution is 9.10. The average Bonchev–Trinajstić information content (AvgIpc) is 2.56. The van der Waals surface area contributed by atoms with Crippen LogP contribution >= 0.6 is 15.9 Å². The van der Waals surface area contributed by atoms with Crippen molar-refractivity contribution in [2.45, 2.75) is 0 Å². The molecule has 0 aliphatic carbocycles. The minimum absolute atomic E-state index is 0.0189. The zero-order chi connectivity index (χ0) is 16.2. The Morgan fingerprint density at radius 1 is 1.13 bits per heavy atom. The van der Waals surface area contributed by atoms with Gasteiger partial charge in [-0.3, -0.25) is 4.79 Å². The third kappa shape index (κ3) is 3.89. The van der Waals surface area contributed by atoms with Crippen LogP contribution in [0.3, 0.4) is 0 Å². The minimum atomic E-state index is -0.554. The zero-order valence-corrected chi connectivity index (χ0v) is 14.0. The molecule has 23 heavy (non-hydrogen) atoms. The van der Waals surface area contributed by atoms with Crippen molar-refractivity contribution < 1.29 is 13.9 Å². The Morgan fingerprint density at radius 2 is 1.83 bits per heavy atom. The normalized spacial score (nSPS) is 14.6. The molecule has 0 spiro atoms. The van der Waals surface area contributed by atoms with Crippen LogP contribution in [-0.2, 0) is 4.74 Å². The standard InChI is InChI=1S/C17H16BrFN2O2/c18-12-1-6-15(16(19)11-12)17(22)20-13-2-4-14(5-3-13)21-7-9-23-10-8-21/h1-6,11H,7-10H2,(H,20,22). The van der Waals surface area contributed by atoms with E-state index in [4.69, 9.17) is 4.74 Å². The SMILES string of the molecule is O=C(Nc1ccc(N2CCOCC2)cc1)c1ccc(Br)cc1F. The molecule has 1 amide bonds. The molecule has 1 aliphatic heterocycles. The van der Waals surface area contributed by atoms with E-state index in [9.17, 15) is 9.18 Å². The summed E-state index contributed by atoms with van der Waals surface area (Å²) in [5.41, 5.74) is 1.74. The second-order valence-electron chi connectivity index (χ2n) is 5.22. The maximum atomic E-state index is 13.8. The third-order valence-corrected chi connectivity index (χ3v) is 4.17. The van der Waals surface area contributed by atoms with Gasteiger partial charge in [0.15, 0.2) is 0 Å².